The summed E-state index contributed by atoms with van der Waals surface area (Å²) in [5.41, 5.74) is 0. The average molecular weight is 1080 g/mol. The van der Waals surface area contributed by atoms with E-state index in [1.807, 2.05) is 33.3 Å². The topological polar surface area (TPSA) is 111 Å². The Hall–Kier alpha value is -2.03. The first-order valence-electron chi connectivity index (χ1n) is 32.0. The molecule has 75 heavy (non-hydrogen) atoms. The number of rotatable bonds is 58. The molecule has 0 aromatic carbocycles. The second-order valence-corrected chi connectivity index (χ2v) is 24.4. The molecule has 0 aliphatic rings. The number of unbranched alkanes of at least 4 members (excludes halogenated alkanes) is 36. The van der Waals surface area contributed by atoms with Crippen molar-refractivity contribution in [2.45, 2.75) is 315 Å². The van der Waals surface area contributed by atoms with Gasteiger partial charge in [-0.25, -0.2) is 4.57 Å². The predicted octanol–water partition coefficient (Wildman–Crippen LogP) is 19.7. The number of hydrogen-bond acceptors (Lipinski definition) is 6. The molecule has 440 valence electrons. The third-order valence-corrected chi connectivity index (χ3v) is 15.3. The van der Waals surface area contributed by atoms with Gasteiger partial charge in [0.1, 0.15) is 19.3 Å². The molecule has 2 N–H and O–H groups in total. The summed E-state index contributed by atoms with van der Waals surface area (Å²) in [6.07, 6.45) is 68.2. The van der Waals surface area contributed by atoms with Crippen molar-refractivity contribution in [2.75, 3.05) is 40.9 Å². The van der Waals surface area contributed by atoms with Gasteiger partial charge in [-0.3, -0.25) is 18.6 Å². The molecule has 0 saturated heterocycles. The van der Waals surface area contributed by atoms with Gasteiger partial charge >= 0.3 is 13.8 Å². The van der Waals surface area contributed by atoms with Crippen LogP contribution in [0.1, 0.15) is 303 Å². The van der Waals surface area contributed by atoms with Crippen molar-refractivity contribution in [1.82, 2.24) is 5.32 Å². The highest BCUT2D eigenvalue weighted by atomic mass is 31.2. The number of phosphoric acid groups is 1. The van der Waals surface area contributed by atoms with Gasteiger partial charge in [-0.05, 0) is 70.3 Å². The molecule has 3 unspecified atom stereocenters. The maximum absolute atomic E-state index is 13.5. The molecule has 0 radical (unpaired) electrons. The van der Waals surface area contributed by atoms with E-state index in [2.05, 4.69) is 62.5 Å². The molecule has 0 heterocycles. The number of amides is 1. The molecule has 0 bridgehead atoms. The van der Waals surface area contributed by atoms with Gasteiger partial charge in [-0.2, -0.15) is 0 Å². The van der Waals surface area contributed by atoms with Crippen LogP contribution in [-0.4, -0.2) is 74.3 Å². The van der Waals surface area contributed by atoms with Crippen LogP contribution in [0.4, 0.5) is 0 Å². The zero-order valence-electron chi connectivity index (χ0n) is 50.3. The molecule has 1 amide bonds. The molecular weight excluding hydrogens is 952 g/mol. The van der Waals surface area contributed by atoms with E-state index < -0.39 is 20.0 Å². The quantitative estimate of drug-likeness (QED) is 0.0205. The largest absolute Gasteiger partial charge is 0.472 e. The van der Waals surface area contributed by atoms with Gasteiger partial charge in [0.2, 0.25) is 5.91 Å². The van der Waals surface area contributed by atoms with Crippen LogP contribution in [0, 0.1) is 0 Å². The maximum atomic E-state index is 13.5. The number of esters is 1. The summed E-state index contributed by atoms with van der Waals surface area (Å²) in [7, 11) is 1.50. The van der Waals surface area contributed by atoms with Crippen molar-refractivity contribution in [3.8, 4) is 0 Å². The summed E-state index contributed by atoms with van der Waals surface area (Å²) in [5, 5.41) is 3.06. The van der Waals surface area contributed by atoms with Crippen molar-refractivity contribution in [3.05, 3.63) is 48.6 Å². The summed E-state index contributed by atoms with van der Waals surface area (Å²) in [6.45, 7) is 7.01. The van der Waals surface area contributed by atoms with Gasteiger partial charge < -0.3 is 19.4 Å². The van der Waals surface area contributed by atoms with Gasteiger partial charge in [0.05, 0.1) is 33.8 Å². The number of nitrogens with zero attached hydrogens (tertiary/aromatic N) is 1. The summed E-state index contributed by atoms with van der Waals surface area (Å²) in [6, 6.07) is -0.846. The highest BCUT2D eigenvalue weighted by Crippen LogP contribution is 2.43. The molecule has 0 aromatic heterocycles. The molecule has 0 aromatic rings. The lowest BCUT2D eigenvalue weighted by Crippen LogP contribution is -2.47. The first-order chi connectivity index (χ1) is 36.4. The molecule has 10 heteroatoms. The Labute approximate surface area is 465 Å². The van der Waals surface area contributed by atoms with E-state index in [4.69, 9.17) is 13.8 Å². The van der Waals surface area contributed by atoms with Crippen LogP contribution in [0.25, 0.3) is 0 Å². The molecule has 0 spiro atoms. The lowest BCUT2D eigenvalue weighted by atomic mass is 10.0. The molecule has 3 atom stereocenters. The molecule has 0 saturated carbocycles. The molecule has 0 rings (SSSR count). The van der Waals surface area contributed by atoms with Crippen LogP contribution < -0.4 is 5.32 Å². The number of nitrogens with one attached hydrogen (secondary N) is 1. The van der Waals surface area contributed by atoms with E-state index in [-0.39, 0.29) is 31.5 Å². The fraction of sp³-hybridized carbons (Fsp3) is 0.846. The highest BCUT2D eigenvalue weighted by molar-refractivity contribution is 7.47. The summed E-state index contributed by atoms with van der Waals surface area (Å²) in [5.74, 6) is -0.499. The number of phosphoric ester groups is 1. The van der Waals surface area contributed by atoms with Gasteiger partial charge in [-0.15, -0.1) is 0 Å². The van der Waals surface area contributed by atoms with Crippen LogP contribution in [0.3, 0.4) is 0 Å². The van der Waals surface area contributed by atoms with Crippen molar-refractivity contribution in [1.29, 1.82) is 0 Å². The van der Waals surface area contributed by atoms with Crippen molar-refractivity contribution < 1.29 is 37.3 Å². The third-order valence-electron chi connectivity index (χ3n) is 14.3. The first kappa shape index (κ1) is 73.0. The van der Waals surface area contributed by atoms with E-state index in [0.29, 0.717) is 17.4 Å². The number of quaternary nitrogens is 1. The fourth-order valence-electron chi connectivity index (χ4n) is 9.30. The van der Waals surface area contributed by atoms with Crippen LogP contribution in [-0.2, 0) is 27.9 Å². The van der Waals surface area contributed by atoms with Gasteiger partial charge in [0, 0.05) is 12.8 Å². The van der Waals surface area contributed by atoms with E-state index in [1.165, 1.54) is 199 Å². The SMILES string of the molecule is CCCCC/C=C\C/C=C\C/C=C\CCCCCCCCCCCCC(=O)OC(/C=C/CCCCCCCCCCC)C(COP(=O)(O)OCC[N+](C)(C)C)NC(=O)CCCCCCCCCCCCCCCCC. The second kappa shape index (κ2) is 55.3. The number of hydrogen-bond donors (Lipinski definition) is 2. The molecular formula is C65H124N2O7P+. The number of carbonyl (C=O) groups excluding carboxylic acids is 2. The standard InChI is InChI=1S/C65H123N2O7P/c1-7-10-13-16-19-22-25-27-29-30-31-32-33-34-35-36-38-40-43-46-49-52-55-58-65(69)74-63(56-53-50-47-44-41-24-21-18-15-12-9-3)62(61-73-75(70,71)72-60-59-67(4,5)6)66-64(68)57-54-51-48-45-42-39-37-28-26-23-20-17-14-11-8-2/h19,22,27,29,31-32,53,56,62-63H,7-18,20-21,23-26,28,30,33-52,54-55,57-61H2,1-6H3,(H-,66,68,70,71)/p+1/b22-19-,29-27-,32-31-,56-53+. The molecule has 9 nitrogen and oxygen atoms in total. The Bertz CT molecular complexity index is 1420. The highest BCUT2D eigenvalue weighted by Gasteiger charge is 2.30. The smallest absolute Gasteiger partial charge is 0.456 e. The lowest BCUT2D eigenvalue weighted by molar-refractivity contribution is -0.870. The van der Waals surface area contributed by atoms with E-state index in [9.17, 15) is 19.0 Å². The van der Waals surface area contributed by atoms with Crippen LogP contribution in [0.15, 0.2) is 48.6 Å². The van der Waals surface area contributed by atoms with Crippen molar-refractivity contribution in [2.24, 2.45) is 0 Å². The number of ether oxygens (including phenoxy) is 1. The maximum Gasteiger partial charge on any atom is 0.472 e. The van der Waals surface area contributed by atoms with Gasteiger partial charge in [0.25, 0.3) is 0 Å². The predicted molar refractivity (Wildman–Crippen MR) is 323 cm³/mol. The Balaban J connectivity index is 5.13. The van der Waals surface area contributed by atoms with Crippen molar-refractivity contribution >= 4 is 19.7 Å². The van der Waals surface area contributed by atoms with Gasteiger partial charge in [-0.1, -0.05) is 269 Å². The lowest BCUT2D eigenvalue weighted by Gasteiger charge is -2.27. The normalized spacial score (nSPS) is 14.0. The molecule has 0 aliphatic heterocycles. The van der Waals surface area contributed by atoms with Gasteiger partial charge in [0.15, 0.2) is 0 Å². The number of allylic oxidation sites excluding steroid dienone is 7. The minimum absolute atomic E-state index is 0.0410. The van der Waals surface area contributed by atoms with Crippen LogP contribution in [0.5, 0.6) is 0 Å². The first-order valence-corrected chi connectivity index (χ1v) is 33.5. The minimum Gasteiger partial charge on any atom is -0.456 e. The van der Waals surface area contributed by atoms with E-state index in [0.717, 1.165) is 70.6 Å². The summed E-state index contributed by atoms with van der Waals surface area (Å²) in [4.78, 5) is 37.7. The second-order valence-electron chi connectivity index (χ2n) is 22.9. The monoisotopic (exact) mass is 1080 g/mol. The third kappa shape index (κ3) is 56.5. The Morgan fingerprint density at radius 1 is 0.467 bits per heavy atom. The number of carbonyl (C=O) groups is 2. The summed E-state index contributed by atoms with van der Waals surface area (Å²) >= 11 is 0. The Morgan fingerprint density at radius 2 is 0.813 bits per heavy atom. The summed E-state index contributed by atoms with van der Waals surface area (Å²) < 4.78 is 30.7. The zero-order valence-corrected chi connectivity index (χ0v) is 51.2. The van der Waals surface area contributed by atoms with E-state index >= 15 is 0 Å². The average Bonchev–Trinajstić information content (AvgIpc) is 3.37. The molecule has 0 fully saturated rings. The Morgan fingerprint density at radius 3 is 1.24 bits per heavy atom. The zero-order chi connectivity index (χ0) is 55.0. The van der Waals surface area contributed by atoms with Crippen LogP contribution >= 0.6 is 7.82 Å². The fourth-order valence-corrected chi connectivity index (χ4v) is 10.0. The van der Waals surface area contributed by atoms with E-state index in [1.54, 1.807) is 0 Å². The number of likely N-dealkylation sites (N-methyl/N-ethyl adjacent to an activating group) is 1. The Kier molecular flexibility index (Phi) is 53.8. The van der Waals surface area contributed by atoms with Crippen LogP contribution in [0.2, 0.25) is 0 Å². The molecule has 0 aliphatic carbocycles. The minimum atomic E-state index is -4.44. The van der Waals surface area contributed by atoms with Crippen molar-refractivity contribution in [3.63, 3.8) is 0 Å².